The van der Waals surface area contributed by atoms with Crippen LogP contribution in [-0.2, 0) is 6.54 Å². The lowest BCUT2D eigenvalue weighted by Crippen LogP contribution is -2.23. The van der Waals surface area contributed by atoms with E-state index in [4.69, 9.17) is 9.84 Å². The van der Waals surface area contributed by atoms with Crippen molar-refractivity contribution in [2.75, 3.05) is 25.6 Å². The highest BCUT2D eigenvalue weighted by atomic mass is 19.1. The van der Waals surface area contributed by atoms with Crippen LogP contribution in [0.1, 0.15) is 5.56 Å². The Morgan fingerprint density at radius 2 is 2.06 bits per heavy atom. The van der Waals surface area contributed by atoms with Crippen molar-refractivity contribution in [3.8, 4) is 17.0 Å². The third-order valence-electron chi connectivity index (χ3n) is 4.72. The third-order valence-corrected chi connectivity index (χ3v) is 4.72. The number of methoxy groups -OCH3 is 1. The normalized spacial score (nSPS) is 12.1. The number of anilines is 1. The number of aliphatic hydroxyl groups excluding tert-OH is 2. The summed E-state index contributed by atoms with van der Waals surface area (Å²) in [7, 11) is 1.43. The molecular weight excluding hydrogens is 403 g/mol. The maximum Gasteiger partial charge on any atom is 0.223 e. The van der Waals surface area contributed by atoms with Crippen LogP contribution < -0.4 is 10.1 Å². The Kier molecular flexibility index (Phi) is 6.01. The predicted molar refractivity (Wildman–Crippen MR) is 112 cm³/mol. The summed E-state index contributed by atoms with van der Waals surface area (Å²) in [5.74, 6) is 0.114. The van der Waals surface area contributed by atoms with Crippen molar-refractivity contribution in [3.05, 3.63) is 60.0 Å². The Labute approximate surface area is 177 Å². The van der Waals surface area contributed by atoms with Gasteiger partial charge in [0.2, 0.25) is 5.95 Å². The van der Waals surface area contributed by atoms with Gasteiger partial charge in [-0.2, -0.15) is 0 Å². The van der Waals surface area contributed by atoms with Gasteiger partial charge in [0.1, 0.15) is 5.52 Å². The van der Waals surface area contributed by atoms with Crippen molar-refractivity contribution in [1.82, 2.24) is 25.0 Å². The Morgan fingerprint density at radius 3 is 2.84 bits per heavy atom. The quantitative estimate of drug-likeness (QED) is 0.392. The number of ether oxygens (including phenoxy) is 1. The minimum absolute atomic E-state index is 0.138. The van der Waals surface area contributed by atoms with Crippen LogP contribution in [0.25, 0.3) is 22.3 Å². The molecule has 4 aromatic rings. The molecule has 0 aliphatic carbocycles. The zero-order valence-corrected chi connectivity index (χ0v) is 16.7. The number of aliphatic hydroxyl groups is 2. The van der Waals surface area contributed by atoms with E-state index in [1.165, 1.54) is 13.2 Å². The summed E-state index contributed by atoms with van der Waals surface area (Å²) in [4.78, 5) is 8.55. The number of nitrogens with zero attached hydrogens (tertiary/aromatic N) is 5. The molecule has 0 radical (unpaired) electrons. The van der Waals surface area contributed by atoms with Gasteiger partial charge in [0.05, 0.1) is 37.6 Å². The summed E-state index contributed by atoms with van der Waals surface area (Å²) < 4.78 is 20.6. The van der Waals surface area contributed by atoms with Crippen molar-refractivity contribution in [2.45, 2.75) is 12.6 Å². The van der Waals surface area contributed by atoms with Crippen molar-refractivity contribution >= 4 is 17.0 Å². The van der Waals surface area contributed by atoms with Crippen LogP contribution >= 0.6 is 0 Å². The van der Waals surface area contributed by atoms with E-state index in [1.54, 1.807) is 29.1 Å². The molecule has 0 spiro atoms. The Morgan fingerprint density at radius 1 is 1.19 bits per heavy atom. The molecule has 2 aromatic carbocycles. The number of benzene rings is 2. The lowest BCUT2D eigenvalue weighted by atomic mass is 10.1. The van der Waals surface area contributed by atoms with Crippen LogP contribution in [0.15, 0.2) is 48.7 Å². The Bertz CT molecular complexity index is 1200. The predicted octanol–water partition coefficient (Wildman–Crippen LogP) is 1.85. The van der Waals surface area contributed by atoms with Crippen LogP contribution in [0.3, 0.4) is 0 Å². The van der Waals surface area contributed by atoms with Gasteiger partial charge in [-0.3, -0.25) is 0 Å². The van der Waals surface area contributed by atoms with Crippen molar-refractivity contribution in [2.24, 2.45) is 0 Å². The molecule has 0 fully saturated rings. The molecular formula is C21H21FN6O3. The molecule has 2 aromatic heterocycles. The van der Waals surface area contributed by atoms with Crippen molar-refractivity contribution in [3.63, 3.8) is 0 Å². The smallest absolute Gasteiger partial charge is 0.223 e. The van der Waals surface area contributed by atoms with E-state index in [0.29, 0.717) is 23.7 Å². The van der Waals surface area contributed by atoms with Gasteiger partial charge in [-0.15, -0.1) is 5.10 Å². The summed E-state index contributed by atoms with van der Waals surface area (Å²) in [6, 6.07) is 12.2. The fourth-order valence-electron chi connectivity index (χ4n) is 3.11. The van der Waals surface area contributed by atoms with Gasteiger partial charge in [-0.05, 0) is 35.9 Å². The first-order valence-corrected chi connectivity index (χ1v) is 9.59. The van der Waals surface area contributed by atoms with Gasteiger partial charge in [-0.1, -0.05) is 17.3 Å². The minimum Gasteiger partial charge on any atom is -0.494 e. The summed E-state index contributed by atoms with van der Waals surface area (Å²) in [6.45, 7) is 0.160. The first-order chi connectivity index (χ1) is 15.1. The molecule has 1 atom stereocenters. The standard InChI is InChI=1S/C21H21FN6O3/c1-31-20-5-2-13(8-16(20)22)11-28-19-4-3-14(9-18(19)26-27-28)17-6-7-23-21(25-17)24-10-15(30)12-29/h2-9,15,29-30H,10-12H2,1H3,(H,23,24,25)/t15-/m1/s1. The molecule has 160 valence electrons. The molecule has 0 amide bonds. The average molecular weight is 424 g/mol. The van der Waals surface area contributed by atoms with E-state index in [-0.39, 0.29) is 18.9 Å². The van der Waals surface area contributed by atoms with Gasteiger partial charge in [-0.25, -0.2) is 19.0 Å². The van der Waals surface area contributed by atoms with Gasteiger partial charge in [0, 0.05) is 18.3 Å². The Hall–Kier alpha value is -3.63. The maximum atomic E-state index is 14.0. The number of hydrogen-bond donors (Lipinski definition) is 3. The summed E-state index contributed by atoms with van der Waals surface area (Å²) in [5, 5.41) is 29.7. The fraction of sp³-hybridized carbons (Fsp3) is 0.238. The molecule has 0 saturated carbocycles. The second-order valence-corrected chi connectivity index (χ2v) is 6.90. The number of aromatic nitrogens is 5. The number of hydrogen-bond acceptors (Lipinski definition) is 8. The van der Waals surface area contributed by atoms with E-state index < -0.39 is 11.9 Å². The van der Waals surface area contributed by atoms with Crippen LogP contribution in [0.5, 0.6) is 5.75 Å². The van der Waals surface area contributed by atoms with E-state index in [0.717, 1.165) is 16.6 Å². The number of rotatable bonds is 8. The molecule has 0 unspecified atom stereocenters. The average Bonchev–Trinajstić information content (AvgIpc) is 3.19. The van der Waals surface area contributed by atoms with E-state index in [9.17, 15) is 9.50 Å². The van der Waals surface area contributed by atoms with Gasteiger partial charge < -0.3 is 20.3 Å². The van der Waals surface area contributed by atoms with Crippen LogP contribution in [0, 0.1) is 5.82 Å². The number of fused-ring (bicyclic) bond motifs is 1. The van der Waals surface area contributed by atoms with E-state index >= 15 is 0 Å². The molecule has 9 nitrogen and oxygen atoms in total. The summed E-state index contributed by atoms with van der Waals surface area (Å²) in [5.41, 5.74) is 3.72. The molecule has 0 saturated heterocycles. The molecule has 0 aliphatic rings. The zero-order chi connectivity index (χ0) is 21.8. The molecule has 31 heavy (non-hydrogen) atoms. The molecule has 10 heteroatoms. The largest absolute Gasteiger partial charge is 0.494 e. The second-order valence-electron chi connectivity index (χ2n) is 6.90. The van der Waals surface area contributed by atoms with E-state index in [1.807, 2.05) is 18.2 Å². The molecule has 0 aliphatic heterocycles. The van der Waals surface area contributed by atoms with Gasteiger partial charge >= 0.3 is 0 Å². The van der Waals surface area contributed by atoms with E-state index in [2.05, 4.69) is 25.6 Å². The first-order valence-electron chi connectivity index (χ1n) is 9.59. The molecule has 3 N–H and O–H groups in total. The second kappa shape index (κ2) is 9.02. The highest BCUT2D eigenvalue weighted by Crippen LogP contribution is 2.24. The van der Waals surface area contributed by atoms with Crippen LogP contribution in [0.4, 0.5) is 10.3 Å². The fourth-order valence-corrected chi connectivity index (χ4v) is 3.11. The SMILES string of the molecule is COc1ccc(Cn2nnc3cc(-c4ccnc(NC[C@@H](O)CO)n4)ccc32)cc1F. The highest BCUT2D eigenvalue weighted by molar-refractivity contribution is 5.80. The number of nitrogens with one attached hydrogen (secondary N) is 1. The maximum absolute atomic E-state index is 14.0. The molecule has 0 bridgehead atoms. The monoisotopic (exact) mass is 424 g/mol. The van der Waals surface area contributed by atoms with Gasteiger partial charge in [0.25, 0.3) is 0 Å². The van der Waals surface area contributed by atoms with Crippen LogP contribution in [0.2, 0.25) is 0 Å². The zero-order valence-electron chi connectivity index (χ0n) is 16.7. The lowest BCUT2D eigenvalue weighted by Gasteiger charge is -2.09. The highest BCUT2D eigenvalue weighted by Gasteiger charge is 2.11. The molecule has 2 heterocycles. The van der Waals surface area contributed by atoms with Crippen molar-refractivity contribution in [1.29, 1.82) is 0 Å². The first kappa shape index (κ1) is 20.6. The van der Waals surface area contributed by atoms with Gasteiger partial charge in [0.15, 0.2) is 11.6 Å². The number of halogens is 1. The van der Waals surface area contributed by atoms with Crippen LogP contribution in [-0.4, -0.2) is 61.5 Å². The molecule has 4 rings (SSSR count). The summed E-state index contributed by atoms with van der Waals surface area (Å²) >= 11 is 0. The Balaban J connectivity index is 1.56. The lowest BCUT2D eigenvalue weighted by molar-refractivity contribution is 0.105. The minimum atomic E-state index is -0.891. The third kappa shape index (κ3) is 4.60. The topological polar surface area (TPSA) is 118 Å². The summed E-state index contributed by atoms with van der Waals surface area (Å²) in [6.07, 6.45) is 0.716. The van der Waals surface area contributed by atoms with Crippen molar-refractivity contribution < 1.29 is 19.3 Å².